The molecular formula is C26H31N5O3. The summed E-state index contributed by atoms with van der Waals surface area (Å²) < 4.78 is 0. The van der Waals surface area contributed by atoms with Gasteiger partial charge in [0.15, 0.2) is 0 Å². The molecule has 5 rings (SSSR count). The van der Waals surface area contributed by atoms with Crippen LogP contribution >= 0.6 is 0 Å². The Hall–Kier alpha value is -3.39. The number of nitrogens with one attached hydrogen (secondary N) is 2. The van der Waals surface area contributed by atoms with E-state index in [0.717, 1.165) is 51.1 Å². The fraction of sp³-hybridized carbons (Fsp3) is 0.423. The Balaban J connectivity index is 1.05. The third-order valence-corrected chi connectivity index (χ3v) is 6.85. The van der Waals surface area contributed by atoms with E-state index in [4.69, 9.17) is 0 Å². The third kappa shape index (κ3) is 4.77. The zero-order chi connectivity index (χ0) is 23.5. The lowest BCUT2D eigenvalue weighted by molar-refractivity contribution is -0.129. The maximum absolute atomic E-state index is 13.0. The molecule has 1 aliphatic carbocycles. The molecule has 2 heterocycles. The van der Waals surface area contributed by atoms with E-state index in [0.29, 0.717) is 12.1 Å². The van der Waals surface area contributed by atoms with Crippen LogP contribution in [0.15, 0.2) is 54.6 Å². The summed E-state index contributed by atoms with van der Waals surface area (Å²) >= 11 is 0. The summed E-state index contributed by atoms with van der Waals surface area (Å²) in [7, 11) is 0. The molecular weight excluding hydrogens is 430 g/mol. The first kappa shape index (κ1) is 22.4. The molecule has 0 radical (unpaired) electrons. The van der Waals surface area contributed by atoms with Crippen LogP contribution in [0.1, 0.15) is 34.8 Å². The monoisotopic (exact) mass is 461 g/mol. The number of piperazine rings is 1. The molecule has 2 aliphatic heterocycles. The highest BCUT2D eigenvalue weighted by Crippen LogP contribution is 2.41. The van der Waals surface area contributed by atoms with Gasteiger partial charge in [0, 0.05) is 56.6 Å². The molecule has 1 unspecified atom stereocenters. The number of anilines is 1. The van der Waals surface area contributed by atoms with Crippen molar-refractivity contribution in [2.75, 3.05) is 50.7 Å². The minimum absolute atomic E-state index is 0.0879. The van der Waals surface area contributed by atoms with Gasteiger partial charge in [-0.05, 0) is 36.6 Å². The number of fused-ring (bicyclic) bond motifs is 1. The molecule has 3 amide bonds. The summed E-state index contributed by atoms with van der Waals surface area (Å²) in [5.41, 5.74) is 2.57. The summed E-state index contributed by atoms with van der Waals surface area (Å²) in [4.78, 5) is 44.5. The molecule has 0 spiro atoms. The molecule has 8 heteroatoms. The lowest BCUT2D eigenvalue weighted by atomic mass is 10.0. The van der Waals surface area contributed by atoms with Crippen LogP contribution in [0.25, 0.3) is 0 Å². The van der Waals surface area contributed by atoms with Crippen molar-refractivity contribution in [2.45, 2.75) is 24.9 Å². The molecule has 3 aliphatic rings. The van der Waals surface area contributed by atoms with Crippen molar-refractivity contribution < 1.29 is 14.4 Å². The molecule has 2 fully saturated rings. The Morgan fingerprint density at radius 3 is 2.32 bits per heavy atom. The normalized spacial score (nSPS) is 20.2. The maximum atomic E-state index is 13.0. The van der Waals surface area contributed by atoms with E-state index in [1.807, 2.05) is 24.3 Å². The molecule has 1 saturated heterocycles. The molecule has 2 N–H and O–H groups in total. The van der Waals surface area contributed by atoms with Gasteiger partial charge >= 0.3 is 0 Å². The van der Waals surface area contributed by atoms with E-state index in [9.17, 15) is 14.4 Å². The Kier molecular flexibility index (Phi) is 6.49. The fourth-order valence-corrected chi connectivity index (χ4v) is 4.88. The number of nitrogens with zero attached hydrogens (tertiary/aromatic N) is 3. The molecule has 2 aromatic rings. The molecule has 0 aromatic heterocycles. The minimum Gasteiger partial charge on any atom is -0.369 e. The Morgan fingerprint density at radius 2 is 1.59 bits per heavy atom. The molecule has 8 nitrogen and oxygen atoms in total. The van der Waals surface area contributed by atoms with Crippen molar-refractivity contribution in [1.29, 1.82) is 0 Å². The number of hydrogen-bond donors (Lipinski definition) is 2. The Morgan fingerprint density at radius 1 is 0.882 bits per heavy atom. The fourth-order valence-electron chi connectivity index (χ4n) is 4.88. The van der Waals surface area contributed by atoms with Gasteiger partial charge in [0.1, 0.15) is 6.04 Å². The molecule has 34 heavy (non-hydrogen) atoms. The van der Waals surface area contributed by atoms with Gasteiger partial charge in [-0.1, -0.05) is 36.4 Å². The lowest BCUT2D eigenvalue weighted by Gasteiger charge is -2.36. The topological polar surface area (TPSA) is 85.0 Å². The van der Waals surface area contributed by atoms with Crippen LogP contribution in [0, 0.1) is 0 Å². The molecule has 178 valence electrons. The highest BCUT2D eigenvalue weighted by molar-refractivity contribution is 6.05. The number of rotatable bonds is 8. The molecule has 0 bridgehead atoms. The third-order valence-electron chi connectivity index (χ3n) is 6.85. The van der Waals surface area contributed by atoms with E-state index >= 15 is 0 Å². The summed E-state index contributed by atoms with van der Waals surface area (Å²) in [6, 6.07) is 17.1. The minimum atomic E-state index is -0.648. The van der Waals surface area contributed by atoms with E-state index in [1.54, 1.807) is 11.0 Å². The number of benzene rings is 2. The standard InChI is InChI=1S/C26H31N5O3/c32-23(27-12-13-29-14-16-30(17-15-29)19-6-2-1-3-7-19)18-28-25(33)24-21-8-4-5-9-22(21)26(34)31(24)20-10-11-20/h1-9,20,24H,10-18H2,(H,27,32)(H,28,33). The van der Waals surface area contributed by atoms with Crippen LogP contribution in [0.4, 0.5) is 5.69 Å². The van der Waals surface area contributed by atoms with Crippen molar-refractivity contribution in [3.63, 3.8) is 0 Å². The largest absolute Gasteiger partial charge is 0.369 e. The Labute approximate surface area is 199 Å². The van der Waals surface area contributed by atoms with Crippen LogP contribution < -0.4 is 15.5 Å². The molecule has 2 aromatic carbocycles. The van der Waals surface area contributed by atoms with Crippen molar-refractivity contribution in [3.05, 3.63) is 65.7 Å². The highest BCUT2D eigenvalue weighted by Gasteiger charge is 2.47. The van der Waals surface area contributed by atoms with Gasteiger partial charge < -0.3 is 20.4 Å². The van der Waals surface area contributed by atoms with Crippen LogP contribution in [-0.4, -0.2) is 79.4 Å². The van der Waals surface area contributed by atoms with Crippen LogP contribution in [0.2, 0.25) is 0 Å². The smallest absolute Gasteiger partial charge is 0.255 e. The second-order valence-corrected chi connectivity index (χ2v) is 9.17. The first-order valence-electron chi connectivity index (χ1n) is 12.1. The average molecular weight is 462 g/mol. The zero-order valence-electron chi connectivity index (χ0n) is 19.3. The van der Waals surface area contributed by atoms with Crippen LogP contribution in [0.3, 0.4) is 0 Å². The summed E-state index contributed by atoms with van der Waals surface area (Å²) in [5, 5.41) is 5.65. The summed E-state index contributed by atoms with van der Waals surface area (Å²) in [6.45, 7) is 5.06. The number of hydrogen-bond acceptors (Lipinski definition) is 5. The van der Waals surface area contributed by atoms with Gasteiger partial charge in [-0.3, -0.25) is 19.3 Å². The van der Waals surface area contributed by atoms with Crippen molar-refractivity contribution >= 4 is 23.4 Å². The van der Waals surface area contributed by atoms with Gasteiger partial charge in [0.05, 0.1) is 6.54 Å². The van der Waals surface area contributed by atoms with E-state index in [2.05, 4.69) is 44.7 Å². The first-order valence-corrected chi connectivity index (χ1v) is 12.1. The number of carbonyl (C=O) groups is 3. The number of para-hydroxylation sites is 1. The van der Waals surface area contributed by atoms with Gasteiger partial charge in [-0.15, -0.1) is 0 Å². The second-order valence-electron chi connectivity index (χ2n) is 9.17. The maximum Gasteiger partial charge on any atom is 0.255 e. The quantitative estimate of drug-likeness (QED) is 0.621. The van der Waals surface area contributed by atoms with Gasteiger partial charge in [-0.25, -0.2) is 0 Å². The van der Waals surface area contributed by atoms with E-state index in [1.165, 1.54) is 5.69 Å². The molecule has 1 saturated carbocycles. The predicted octanol–water partition coefficient (Wildman–Crippen LogP) is 1.40. The first-order chi connectivity index (χ1) is 16.6. The molecule has 1 atom stereocenters. The zero-order valence-corrected chi connectivity index (χ0v) is 19.3. The van der Waals surface area contributed by atoms with Gasteiger partial charge in [0.2, 0.25) is 11.8 Å². The van der Waals surface area contributed by atoms with Crippen LogP contribution in [0.5, 0.6) is 0 Å². The average Bonchev–Trinajstić information content (AvgIpc) is 3.67. The van der Waals surface area contributed by atoms with E-state index < -0.39 is 6.04 Å². The Bertz CT molecular complexity index is 1050. The summed E-state index contributed by atoms with van der Waals surface area (Å²) in [5.74, 6) is -0.598. The lowest BCUT2D eigenvalue weighted by Crippen LogP contribution is -2.49. The van der Waals surface area contributed by atoms with Crippen molar-refractivity contribution in [2.24, 2.45) is 0 Å². The number of amides is 3. The van der Waals surface area contributed by atoms with Crippen molar-refractivity contribution in [1.82, 2.24) is 20.4 Å². The van der Waals surface area contributed by atoms with E-state index in [-0.39, 0.29) is 30.3 Å². The SMILES string of the molecule is O=C(CNC(=O)C1c2ccccc2C(=O)N1C1CC1)NCCN1CCN(c2ccccc2)CC1. The highest BCUT2D eigenvalue weighted by atomic mass is 16.2. The van der Waals surface area contributed by atoms with Crippen molar-refractivity contribution in [3.8, 4) is 0 Å². The second kappa shape index (κ2) is 9.85. The van der Waals surface area contributed by atoms with Gasteiger partial charge in [0.25, 0.3) is 5.91 Å². The summed E-state index contributed by atoms with van der Waals surface area (Å²) in [6.07, 6.45) is 1.84. The predicted molar refractivity (Wildman–Crippen MR) is 129 cm³/mol. The number of carbonyl (C=O) groups excluding carboxylic acids is 3. The van der Waals surface area contributed by atoms with Gasteiger partial charge in [-0.2, -0.15) is 0 Å². The van der Waals surface area contributed by atoms with Crippen LogP contribution in [-0.2, 0) is 9.59 Å².